The van der Waals surface area contributed by atoms with E-state index < -0.39 is 5.92 Å². The average molecular weight is 642 g/mol. The number of carbonyl (C=O) groups is 2. The highest BCUT2D eigenvalue weighted by Gasteiger charge is 2.43. The second-order valence-corrected chi connectivity index (χ2v) is 14.8. The third-order valence-electron chi connectivity index (χ3n) is 11.3. The van der Waals surface area contributed by atoms with Gasteiger partial charge in [-0.1, -0.05) is 17.7 Å². The summed E-state index contributed by atoms with van der Waals surface area (Å²) in [6.45, 7) is 6.96. The fourth-order valence-corrected chi connectivity index (χ4v) is 8.83. The summed E-state index contributed by atoms with van der Waals surface area (Å²) in [5.41, 5.74) is 4.12. The van der Waals surface area contributed by atoms with Crippen molar-refractivity contribution in [1.29, 1.82) is 0 Å². The van der Waals surface area contributed by atoms with Gasteiger partial charge in [0.1, 0.15) is 5.82 Å². The Morgan fingerprint density at radius 2 is 1.71 bits per heavy atom. The second-order valence-electron chi connectivity index (χ2n) is 14.4. The maximum atomic E-state index is 13.9. The summed E-state index contributed by atoms with van der Waals surface area (Å²) in [7, 11) is 0. The molecule has 1 aromatic heterocycles. The number of imidazole rings is 1. The van der Waals surface area contributed by atoms with Gasteiger partial charge in [-0.3, -0.25) is 14.5 Å². The van der Waals surface area contributed by atoms with Gasteiger partial charge in [-0.05, 0) is 89.3 Å². The number of carbonyl (C=O) groups excluding carboxylic acids is 2. The summed E-state index contributed by atoms with van der Waals surface area (Å²) in [5, 5.41) is 0.611. The fraction of sp³-hybridized carbons (Fsp3) is 0.686. The number of amides is 2. The standard InChI is InChI=1S/C35H46ClF2N5O2/c1-22-4-7-28(20-30(22)36)42(34(45)25-10-13-35(37,38)14-11-25)16-3-15-41-26-8-9-27(41)19-29(18-26)43-23(2)39-31-21-40(17-12-32(31)43)33(44)24-5-6-24/h4,7,20,24-27,29H,3,5-6,8-19,21H2,1-2H3/t26-,27+,29?. The van der Waals surface area contributed by atoms with Crippen LogP contribution in [-0.2, 0) is 22.6 Å². The number of benzene rings is 1. The van der Waals surface area contributed by atoms with Gasteiger partial charge in [-0.2, -0.15) is 0 Å². The van der Waals surface area contributed by atoms with Gasteiger partial charge >= 0.3 is 0 Å². The van der Waals surface area contributed by atoms with Crippen LogP contribution in [0.1, 0.15) is 99.4 Å². The Morgan fingerprint density at radius 3 is 2.38 bits per heavy atom. The van der Waals surface area contributed by atoms with Crippen LogP contribution < -0.4 is 4.90 Å². The molecule has 2 aromatic rings. The Labute approximate surface area is 270 Å². The van der Waals surface area contributed by atoms with Gasteiger partial charge in [0.05, 0.1) is 12.2 Å². The molecular formula is C35H46ClF2N5O2. The Balaban J connectivity index is 1.000. The zero-order chi connectivity index (χ0) is 31.5. The van der Waals surface area contributed by atoms with Crippen LogP contribution in [0, 0.1) is 25.7 Å². The van der Waals surface area contributed by atoms with E-state index in [0.717, 1.165) is 74.4 Å². The minimum absolute atomic E-state index is 0.0511. The van der Waals surface area contributed by atoms with Gasteiger partial charge < -0.3 is 14.4 Å². The topological polar surface area (TPSA) is 61.7 Å². The van der Waals surface area contributed by atoms with E-state index in [1.807, 2.05) is 34.9 Å². The molecule has 4 heterocycles. The highest BCUT2D eigenvalue weighted by atomic mass is 35.5. The number of hydrogen-bond donors (Lipinski definition) is 0. The number of nitrogens with zero attached hydrogens (tertiary/aromatic N) is 5. The van der Waals surface area contributed by atoms with Crippen LogP contribution >= 0.6 is 11.6 Å². The molecule has 2 saturated heterocycles. The molecule has 2 saturated carbocycles. The lowest BCUT2D eigenvalue weighted by Crippen LogP contribution is -2.46. The van der Waals surface area contributed by atoms with E-state index in [1.165, 1.54) is 18.5 Å². The van der Waals surface area contributed by atoms with Crippen molar-refractivity contribution in [2.45, 2.75) is 121 Å². The number of halogens is 3. The minimum Gasteiger partial charge on any atom is -0.336 e. The summed E-state index contributed by atoms with van der Waals surface area (Å²) in [5.74, 6) is -1.46. The molecule has 2 amide bonds. The van der Waals surface area contributed by atoms with E-state index >= 15 is 0 Å². The summed E-state index contributed by atoms with van der Waals surface area (Å²) >= 11 is 6.47. The number of hydrogen-bond acceptors (Lipinski definition) is 4. The molecule has 0 N–H and O–H groups in total. The molecule has 0 spiro atoms. The summed E-state index contributed by atoms with van der Waals surface area (Å²) in [6.07, 6.45) is 8.35. The van der Waals surface area contributed by atoms with Crippen LogP contribution in [0.2, 0.25) is 5.02 Å². The highest BCUT2D eigenvalue weighted by molar-refractivity contribution is 6.31. The molecule has 4 fully saturated rings. The number of aryl methyl sites for hydroxylation is 2. The monoisotopic (exact) mass is 641 g/mol. The normalized spacial score (nSPS) is 26.6. The summed E-state index contributed by atoms with van der Waals surface area (Å²) in [4.78, 5) is 37.9. The predicted molar refractivity (Wildman–Crippen MR) is 171 cm³/mol. The van der Waals surface area contributed by atoms with E-state index in [1.54, 1.807) is 0 Å². The zero-order valence-electron chi connectivity index (χ0n) is 26.6. The van der Waals surface area contributed by atoms with Gasteiger partial charge in [0.2, 0.25) is 17.7 Å². The third kappa shape index (κ3) is 6.28. The average Bonchev–Trinajstić information content (AvgIpc) is 3.77. The third-order valence-corrected chi connectivity index (χ3v) is 11.7. The second kappa shape index (κ2) is 12.3. The van der Waals surface area contributed by atoms with E-state index in [0.29, 0.717) is 42.1 Å². The SMILES string of the molecule is Cc1ccc(N(CCCN2[C@@H]3CC[C@H]2CC(n2c(C)nc4c2CCN(C(=O)C2CC2)C4)C3)C(=O)C2CCC(F)(F)CC2)cc1Cl. The van der Waals surface area contributed by atoms with Crippen molar-refractivity contribution >= 4 is 29.1 Å². The quantitative estimate of drug-likeness (QED) is 0.316. The van der Waals surface area contributed by atoms with E-state index in [2.05, 4.69) is 16.4 Å². The molecule has 2 bridgehead atoms. The lowest BCUT2D eigenvalue weighted by molar-refractivity contribution is -0.133. The van der Waals surface area contributed by atoms with Crippen molar-refractivity contribution in [1.82, 2.24) is 19.4 Å². The zero-order valence-corrected chi connectivity index (χ0v) is 27.4. The first kappa shape index (κ1) is 31.1. The molecule has 45 heavy (non-hydrogen) atoms. The Kier molecular flexibility index (Phi) is 8.47. The highest BCUT2D eigenvalue weighted by Crippen LogP contribution is 2.43. The largest absolute Gasteiger partial charge is 0.336 e. The predicted octanol–water partition coefficient (Wildman–Crippen LogP) is 6.86. The van der Waals surface area contributed by atoms with Crippen LogP contribution in [0.4, 0.5) is 14.5 Å². The molecule has 10 heteroatoms. The Hall–Kier alpha value is -2.52. The number of alkyl halides is 2. The molecule has 1 unspecified atom stereocenters. The number of piperidine rings is 1. The number of aromatic nitrogens is 2. The van der Waals surface area contributed by atoms with Gasteiger partial charge in [-0.15, -0.1) is 0 Å². The van der Waals surface area contributed by atoms with Crippen LogP contribution in [0.15, 0.2) is 18.2 Å². The Morgan fingerprint density at radius 1 is 1.00 bits per heavy atom. The van der Waals surface area contributed by atoms with Crippen LogP contribution in [0.3, 0.4) is 0 Å². The van der Waals surface area contributed by atoms with Crippen molar-refractivity contribution in [2.75, 3.05) is 24.5 Å². The lowest BCUT2D eigenvalue weighted by Gasteiger charge is -2.41. The van der Waals surface area contributed by atoms with Crippen molar-refractivity contribution in [3.05, 3.63) is 46.0 Å². The molecule has 7 nitrogen and oxygen atoms in total. The number of rotatable bonds is 8. The molecule has 0 radical (unpaired) electrons. The Bertz CT molecular complexity index is 1430. The van der Waals surface area contributed by atoms with E-state index in [9.17, 15) is 18.4 Å². The van der Waals surface area contributed by atoms with Gasteiger partial charge in [0.15, 0.2) is 0 Å². The molecule has 244 valence electrons. The maximum Gasteiger partial charge on any atom is 0.248 e. The summed E-state index contributed by atoms with van der Waals surface area (Å²) in [6, 6.07) is 7.13. The minimum atomic E-state index is -2.66. The van der Waals surface area contributed by atoms with Crippen molar-refractivity contribution < 1.29 is 18.4 Å². The van der Waals surface area contributed by atoms with Gasteiger partial charge in [-0.25, -0.2) is 13.8 Å². The van der Waals surface area contributed by atoms with E-state index in [-0.39, 0.29) is 43.4 Å². The molecule has 3 aliphatic heterocycles. The lowest BCUT2D eigenvalue weighted by atomic mass is 9.85. The fourth-order valence-electron chi connectivity index (χ4n) is 8.66. The van der Waals surface area contributed by atoms with Crippen molar-refractivity contribution in [3.63, 3.8) is 0 Å². The van der Waals surface area contributed by atoms with Crippen molar-refractivity contribution in [2.24, 2.45) is 11.8 Å². The molecule has 1 aromatic carbocycles. The summed E-state index contributed by atoms with van der Waals surface area (Å²) < 4.78 is 30.3. The first-order valence-electron chi connectivity index (χ1n) is 17.1. The van der Waals surface area contributed by atoms with Crippen LogP contribution in [0.25, 0.3) is 0 Å². The van der Waals surface area contributed by atoms with Crippen LogP contribution in [0.5, 0.6) is 0 Å². The molecular weight excluding hydrogens is 596 g/mol. The molecule has 2 aliphatic carbocycles. The molecule has 5 aliphatic rings. The first-order chi connectivity index (χ1) is 21.6. The number of anilines is 1. The first-order valence-corrected chi connectivity index (χ1v) is 17.5. The van der Waals surface area contributed by atoms with Crippen LogP contribution in [-0.4, -0.2) is 68.8 Å². The maximum absolute atomic E-state index is 13.9. The van der Waals surface area contributed by atoms with Gasteiger partial charge in [0.25, 0.3) is 0 Å². The van der Waals surface area contributed by atoms with Crippen molar-refractivity contribution in [3.8, 4) is 0 Å². The molecule has 7 rings (SSSR count). The molecule has 3 atom stereocenters. The van der Waals surface area contributed by atoms with Gasteiger partial charge in [0, 0.05) is 85.3 Å². The van der Waals surface area contributed by atoms with E-state index in [4.69, 9.17) is 16.6 Å². The smallest absolute Gasteiger partial charge is 0.248 e. The number of fused-ring (bicyclic) bond motifs is 3.